The molecule has 4 heteroatoms. The van der Waals surface area contributed by atoms with Crippen LogP contribution in [0.15, 0.2) is 16.5 Å². The van der Waals surface area contributed by atoms with Gasteiger partial charge in [0.1, 0.15) is 11.5 Å². The summed E-state index contributed by atoms with van der Waals surface area (Å²) in [7, 11) is 1.37. The van der Waals surface area contributed by atoms with E-state index in [-0.39, 0.29) is 18.4 Å². The van der Waals surface area contributed by atoms with Crippen LogP contribution in [0.3, 0.4) is 0 Å². The minimum absolute atomic E-state index is 0.273. The Balaban J connectivity index is 2.62. The average Bonchev–Trinajstić information content (AvgIpc) is 2.72. The molecule has 0 spiro atoms. The molecule has 0 saturated heterocycles. The summed E-state index contributed by atoms with van der Waals surface area (Å²) in [6.07, 6.45) is 1.36. The third-order valence-corrected chi connectivity index (χ3v) is 2.33. The maximum atomic E-state index is 11.3. The predicted octanol–water partition coefficient (Wildman–Crippen LogP) is 1.13. The largest absolute Gasteiger partial charge is 0.469 e. The molecule has 2 N–H and O–H groups in total. The lowest BCUT2D eigenvalue weighted by molar-refractivity contribution is -0.145. The quantitative estimate of drug-likeness (QED) is 0.741. The highest BCUT2D eigenvalue weighted by atomic mass is 16.5. The fourth-order valence-electron chi connectivity index (χ4n) is 1.39. The summed E-state index contributed by atoms with van der Waals surface area (Å²) in [6, 6.07) is 3.80. The lowest BCUT2D eigenvalue weighted by Gasteiger charge is -2.09. The van der Waals surface area contributed by atoms with Crippen LogP contribution in [0, 0.1) is 5.92 Å². The predicted molar refractivity (Wildman–Crippen MR) is 56.4 cm³/mol. The molecule has 1 aromatic heterocycles. The topological polar surface area (TPSA) is 65.5 Å². The molecule has 0 radical (unpaired) electrons. The molecule has 84 valence electrons. The van der Waals surface area contributed by atoms with E-state index < -0.39 is 0 Å². The van der Waals surface area contributed by atoms with Gasteiger partial charge in [0.15, 0.2) is 0 Å². The van der Waals surface area contributed by atoms with Crippen molar-refractivity contribution in [2.45, 2.75) is 19.8 Å². The minimum Gasteiger partial charge on any atom is -0.469 e. The van der Waals surface area contributed by atoms with Gasteiger partial charge in [0.2, 0.25) is 0 Å². The summed E-state index contributed by atoms with van der Waals surface area (Å²) in [6.45, 7) is 2.29. The average molecular weight is 211 g/mol. The number of carbonyl (C=O) groups excluding carboxylic acids is 1. The molecule has 1 unspecified atom stereocenters. The number of nitrogens with two attached hydrogens (primary N) is 1. The molecule has 0 aliphatic carbocycles. The van der Waals surface area contributed by atoms with Crippen molar-refractivity contribution in [2.24, 2.45) is 11.7 Å². The van der Waals surface area contributed by atoms with Crippen LogP contribution in [0.2, 0.25) is 0 Å². The number of furan rings is 1. The van der Waals surface area contributed by atoms with E-state index in [9.17, 15) is 4.79 Å². The highest BCUT2D eigenvalue weighted by molar-refractivity contribution is 5.72. The van der Waals surface area contributed by atoms with Gasteiger partial charge >= 0.3 is 5.97 Å². The molecule has 0 aliphatic heterocycles. The fourth-order valence-corrected chi connectivity index (χ4v) is 1.39. The highest BCUT2D eigenvalue weighted by Gasteiger charge is 2.19. The highest BCUT2D eigenvalue weighted by Crippen LogP contribution is 2.13. The molecule has 1 rings (SSSR count). The Bertz CT molecular complexity index is 319. The first-order valence-corrected chi connectivity index (χ1v) is 5.06. The first kappa shape index (κ1) is 11.8. The standard InChI is InChI=1S/C11H17NO3/c1-3-9-4-5-10(15-9)6-8(7-12)11(13)14-2/h4-5,8H,3,6-7,12H2,1-2H3. The van der Waals surface area contributed by atoms with Crippen molar-refractivity contribution in [1.29, 1.82) is 0 Å². The number of ether oxygens (including phenoxy) is 1. The number of hydrogen-bond donors (Lipinski definition) is 1. The second-order valence-electron chi connectivity index (χ2n) is 3.38. The summed E-state index contributed by atoms with van der Waals surface area (Å²) in [4.78, 5) is 11.3. The second kappa shape index (κ2) is 5.56. The van der Waals surface area contributed by atoms with Crippen molar-refractivity contribution in [1.82, 2.24) is 0 Å². The number of methoxy groups -OCH3 is 1. The third-order valence-electron chi connectivity index (χ3n) is 2.33. The van der Waals surface area contributed by atoms with Crippen LogP contribution in [0.1, 0.15) is 18.4 Å². The van der Waals surface area contributed by atoms with E-state index in [0.717, 1.165) is 17.9 Å². The van der Waals surface area contributed by atoms with Gasteiger partial charge in [-0.1, -0.05) is 6.92 Å². The Morgan fingerprint density at radius 1 is 1.53 bits per heavy atom. The number of rotatable bonds is 5. The molecule has 1 aromatic rings. The van der Waals surface area contributed by atoms with Gasteiger partial charge in [-0.25, -0.2) is 0 Å². The summed E-state index contributed by atoms with van der Waals surface area (Å²) in [5.74, 6) is 1.11. The van der Waals surface area contributed by atoms with Gasteiger partial charge in [-0.05, 0) is 12.1 Å². The molecule has 1 atom stereocenters. The molecule has 1 heterocycles. The Morgan fingerprint density at radius 2 is 2.20 bits per heavy atom. The van der Waals surface area contributed by atoms with E-state index in [4.69, 9.17) is 10.2 Å². The summed E-state index contributed by atoms with van der Waals surface area (Å²) < 4.78 is 10.1. The van der Waals surface area contributed by atoms with E-state index >= 15 is 0 Å². The zero-order valence-corrected chi connectivity index (χ0v) is 9.16. The van der Waals surface area contributed by atoms with E-state index in [0.29, 0.717) is 6.42 Å². The van der Waals surface area contributed by atoms with Gasteiger partial charge < -0.3 is 14.9 Å². The first-order valence-electron chi connectivity index (χ1n) is 5.06. The van der Waals surface area contributed by atoms with Gasteiger partial charge in [-0.2, -0.15) is 0 Å². The molecular weight excluding hydrogens is 194 g/mol. The second-order valence-corrected chi connectivity index (χ2v) is 3.38. The molecule has 0 aromatic carbocycles. The molecule has 0 aliphatic rings. The van der Waals surface area contributed by atoms with E-state index in [1.807, 2.05) is 19.1 Å². The summed E-state index contributed by atoms with van der Waals surface area (Å²) in [5.41, 5.74) is 5.49. The summed E-state index contributed by atoms with van der Waals surface area (Å²) >= 11 is 0. The van der Waals surface area contributed by atoms with Gasteiger partial charge in [0.05, 0.1) is 13.0 Å². The van der Waals surface area contributed by atoms with E-state index in [1.54, 1.807) is 0 Å². The lowest BCUT2D eigenvalue weighted by atomic mass is 10.0. The van der Waals surface area contributed by atoms with Gasteiger partial charge in [0.25, 0.3) is 0 Å². The van der Waals surface area contributed by atoms with Gasteiger partial charge in [-0.15, -0.1) is 0 Å². The Kier molecular flexibility index (Phi) is 4.37. The molecule has 0 bridgehead atoms. The zero-order chi connectivity index (χ0) is 11.3. The zero-order valence-electron chi connectivity index (χ0n) is 9.16. The van der Waals surface area contributed by atoms with Crippen LogP contribution in [0.25, 0.3) is 0 Å². The van der Waals surface area contributed by atoms with Crippen LogP contribution in [-0.4, -0.2) is 19.6 Å². The summed E-state index contributed by atoms with van der Waals surface area (Å²) in [5, 5.41) is 0. The van der Waals surface area contributed by atoms with Crippen LogP contribution < -0.4 is 5.73 Å². The van der Waals surface area contributed by atoms with Gasteiger partial charge in [-0.3, -0.25) is 4.79 Å². The molecular formula is C11H17NO3. The third kappa shape index (κ3) is 3.09. The van der Waals surface area contributed by atoms with Crippen molar-refractivity contribution in [2.75, 3.05) is 13.7 Å². The molecule has 0 saturated carbocycles. The van der Waals surface area contributed by atoms with Gasteiger partial charge in [0, 0.05) is 19.4 Å². The number of carbonyl (C=O) groups is 1. The lowest BCUT2D eigenvalue weighted by Crippen LogP contribution is -2.26. The van der Waals surface area contributed by atoms with Crippen molar-refractivity contribution in [3.63, 3.8) is 0 Å². The van der Waals surface area contributed by atoms with Crippen LogP contribution >= 0.6 is 0 Å². The molecule has 4 nitrogen and oxygen atoms in total. The van der Waals surface area contributed by atoms with Crippen molar-refractivity contribution >= 4 is 5.97 Å². The monoisotopic (exact) mass is 211 g/mol. The number of aryl methyl sites for hydroxylation is 1. The van der Waals surface area contributed by atoms with Crippen LogP contribution in [0.5, 0.6) is 0 Å². The Morgan fingerprint density at radius 3 is 2.67 bits per heavy atom. The number of esters is 1. The van der Waals surface area contributed by atoms with E-state index in [1.165, 1.54) is 7.11 Å². The van der Waals surface area contributed by atoms with E-state index in [2.05, 4.69) is 4.74 Å². The minimum atomic E-state index is -0.314. The molecule has 15 heavy (non-hydrogen) atoms. The van der Waals surface area contributed by atoms with Crippen LogP contribution in [-0.2, 0) is 22.4 Å². The molecule has 0 fully saturated rings. The first-order chi connectivity index (χ1) is 7.21. The normalized spacial score (nSPS) is 12.5. The van der Waals surface area contributed by atoms with Crippen molar-refractivity contribution < 1.29 is 13.9 Å². The van der Waals surface area contributed by atoms with Crippen molar-refractivity contribution in [3.05, 3.63) is 23.7 Å². The fraction of sp³-hybridized carbons (Fsp3) is 0.545. The smallest absolute Gasteiger partial charge is 0.310 e. The number of hydrogen-bond acceptors (Lipinski definition) is 4. The maximum absolute atomic E-state index is 11.3. The SMILES string of the molecule is CCc1ccc(CC(CN)C(=O)OC)o1. The van der Waals surface area contributed by atoms with Crippen molar-refractivity contribution in [3.8, 4) is 0 Å². The Labute approximate surface area is 89.4 Å². The Hall–Kier alpha value is -1.29. The maximum Gasteiger partial charge on any atom is 0.310 e. The van der Waals surface area contributed by atoms with Crippen LogP contribution in [0.4, 0.5) is 0 Å². The molecule has 0 amide bonds.